The van der Waals surface area contributed by atoms with Gasteiger partial charge in [-0.15, -0.1) is 5.06 Å². The van der Waals surface area contributed by atoms with E-state index in [-0.39, 0.29) is 30.7 Å². The maximum absolute atomic E-state index is 12.0. The molecule has 1 aromatic rings. The predicted octanol–water partition coefficient (Wildman–Crippen LogP) is 0.271. The lowest BCUT2D eigenvalue weighted by Gasteiger charge is -2.12. The van der Waals surface area contributed by atoms with E-state index in [9.17, 15) is 22.8 Å². The molecule has 0 spiro atoms. The average Bonchev–Trinajstić information content (AvgIpc) is 2.79. The van der Waals surface area contributed by atoms with Gasteiger partial charge in [-0.3, -0.25) is 9.59 Å². The molecule has 1 fully saturated rings. The summed E-state index contributed by atoms with van der Waals surface area (Å²) in [5, 5.41) is 0.427. The van der Waals surface area contributed by atoms with Gasteiger partial charge >= 0.3 is 5.97 Å². The number of carbonyl (C=O) groups is 3. The number of sulfonamides is 1. The summed E-state index contributed by atoms with van der Waals surface area (Å²) in [7, 11) is -3.73. The molecular formula is C14H16N2O6S. The van der Waals surface area contributed by atoms with Crippen LogP contribution >= 0.6 is 0 Å². The third kappa shape index (κ3) is 4.36. The molecule has 1 heterocycles. The number of amides is 2. The molecule has 1 saturated heterocycles. The summed E-state index contributed by atoms with van der Waals surface area (Å²) in [6.45, 7) is 1.63. The summed E-state index contributed by atoms with van der Waals surface area (Å²) < 4.78 is 26.2. The Kier molecular flexibility index (Phi) is 5.12. The number of hydroxylamine groups is 2. The molecule has 0 radical (unpaired) electrons. The fourth-order valence-electron chi connectivity index (χ4n) is 1.89. The summed E-state index contributed by atoms with van der Waals surface area (Å²) in [6.07, 6.45) is -0.291. The molecule has 2 amide bonds. The van der Waals surface area contributed by atoms with E-state index in [1.165, 1.54) is 12.1 Å². The largest absolute Gasteiger partial charge is 0.334 e. The van der Waals surface area contributed by atoms with Gasteiger partial charge in [0.05, 0.1) is 11.3 Å². The van der Waals surface area contributed by atoms with Gasteiger partial charge in [0.2, 0.25) is 10.0 Å². The number of aryl methyl sites for hydroxylation is 1. The van der Waals surface area contributed by atoms with Crippen LogP contribution in [0.3, 0.4) is 0 Å². The van der Waals surface area contributed by atoms with Crippen molar-refractivity contribution in [2.24, 2.45) is 0 Å². The summed E-state index contributed by atoms with van der Waals surface area (Å²) in [4.78, 5) is 38.8. The standard InChI is InChI=1S/C14H16N2O6S/c1-10-2-4-11(5-3-10)23(20,21)15-9-8-14(19)22-16-12(17)6-7-13(16)18/h2-5,15H,6-9H2,1H3. The summed E-state index contributed by atoms with van der Waals surface area (Å²) in [5.74, 6) is -2.02. The Labute approximate surface area is 133 Å². The number of imide groups is 1. The van der Waals surface area contributed by atoms with Gasteiger partial charge in [0.25, 0.3) is 11.8 Å². The van der Waals surface area contributed by atoms with Crippen molar-refractivity contribution < 1.29 is 27.6 Å². The van der Waals surface area contributed by atoms with Crippen molar-refractivity contribution in [2.75, 3.05) is 6.54 Å². The van der Waals surface area contributed by atoms with Crippen molar-refractivity contribution in [3.8, 4) is 0 Å². The van der Waals surface area contributed by atoms with Crippen LogP contribution in [0.2, 0.25) is 0 Å². The molecule has 9 heteroatoms. The van der Waals surface area contributed by atoms with E-state index in [0.717, 1.165) is 5.56 Å². The van der Waals surface area contributed by atoms with Crippen LogP contribution in [0.15, 0.2) is 29.2 Å². The number of rotatable bonds is 6. The van der Waals surface area contributed by atoms with Gasteiger partial charge in [0.15, 0.2) is 0 Å². The molecule has 0 aromatic heterocycles. The van der Waals surface area contributed by atoms with E-state index in [4.69, 9.17) is 0 Å². The van der Waals surface area contributed by atoms with Gasteiger partial charge in [-0.05, 0) is 19.1 Å². The van der Waals surface area contributed by atoms with Crippen molar-refractivity contribution in [2.45, 2.75) is 31.1 Å². The number of carbonyl (C=O) groups excluding carboxylic acids is 3. The first kappa shape index (κ1) is 17.1. The van der Waals surface area contributed by atoms with Crippen LogP contribution in [0.25, 0.3) is 0 Å². The van der Waals surface area contributed by atoms with E-state index in [1.54, 1.807) is 12.1 Å². The second-order valence-electron chi connectivity index (χ2n) is 5.01. The van der Waals surface area contributed by atoms with Crippen molar-refractivity contribution in [3.05, 3.63) is 29.8 Å². The first-order valence-electron chi connectivity index (χ1n) is 6.92. The molecular weight excluding hydrogens is 324 g/mol. The summed E-state index contributed by atoms with van der Waals surface area (Å²) in [5.41, 5.74) is 0.924. The van der Waals surface area contributed by atoms with Crippen LogP contribution in [0, 0.1) is 6.92 Å². The Hall–Kier alpha value is -2.26. The molecule has 0 bridgehead atoms. The number of benzene rings is 1. The quantitative estimate of drug-likeness (QED) is 0.744. The third-order valence-electron chi connectivity index (χ3n) is 3.15. The number of hydrogen-bond acceptors (Lipinski definition) is 6. The maximum Gasteiger partial charge on any atom is 0.334 e. The number of hydrogen-bond donors (Lipinski definition) is 1. The minimum Gasteiger partial charge on any atom is -0.330 e. The van der Waals surface area contributed by atoms with Gasteiger partial charge < -0.3 is 4.84 Å². The second kappa shape index (κ2) is 6.88. The van der Waals surface area contributed by atoms with Crippen molar-refractivity contribution >= 4 is 27.8 Å². The molecule has 1 aromatic carbocycles. The topological polar surface area (TPSA) is 110 Å². The summed E-state index contributed by atoms with van der Waals surface area (Å²) in [6, 6.07) is 6.23. The van der Waals surface area contributed by atoms with Crippen LogP contribution < -0.4 is 4.72 Å². The molecule has 1 aliphatic rings. The smallest absolute Gasteiger partial charge is 0.330 e. The van der Waals surface area contributed by atoms with Crippen LogP contribution in [-0.2, 0) is 29.2 Å². The normalized spacial score (nSPS) is 15.1. The maximum atomic E-state index is 12.0. The molecule has 23 heavy (non-hydrogen) atoms. The number of nitrogens with one attached hydrogen (secondary N) is 1. The van der Waals surface area contributed by atoms with E-state index < -0.39 is 27.8 Å². The fourth-order valence-corrected chi connectivity index (χ4v) is 2.93. The van der Waals surface area contributed by atoms with Crippen LogP contribution in [0.1, 0.15) is 24.8 Å². The highest BCUT2D eigenvalue weighted by atomic mass is 32.2. The van der Waals surface area contributed by atoms with Gasteiger partial charge in [0.1, 0.15) is 0 Å². The Morgan fingerprint density at radius 3 is 2.30 bits per heavy atom. The van der Waals surface area contributed by atoms with Crippen molar-refractivity contribution in [3.63, 3.8) is 0 Å². The van der Waals surface area contributed by atoms with Gasteiger partial charge in [-0.25, -0.2) is 17.9 Å². The second-order valence-corrected chi connectivity index (χ2v) is 6.77. The first-order chi connectivity index (χ1) is 10.8. The lowest BCUT2D eigenvalue weighted by molar-refractivity contribution is -0.197. The van der Waals surface area contributed by atoms with Crippen LogP contribution in [-0.4, -0.2) is 37.8 Å². The Morgan fingerprint density at radius 1 is 1.17 bits per heavy atom. The zero-order valence-electron chi connectivity index (χ0n) is 12.4. The number of nitrogens with zero attached hydrogens (tertiary/aromatic N) is 1. The highest BCUT2D eigenvalue weighted by molar-refractivity contribution is 7.89. The first-order valence-corrected chi connectivity index (χ1v) is 8.41. The van der Waals surface area contributed by atoms with Crippen LogP contribution in [0.5, 0.6) is 0 Å². The van der Waals surface area contributed by atoms with E-state index in [2.05, 4.69) is 9.56 Å². The average molecular weight is 340 g/mol. The molecule has 0 atom stereocenters. The zero-order valence-corrected chi connectivity index (χ0v) is 13.3. The Morgan fingerprint density at radius 2 is 1.74 bits per heavy atom. The van der Waals surface area contributed by atoms with E-state index in [0.29, 0.717) is 5.06 Å². The van der Waals surface area contributed by atoms with E-state index in [1.807, 2.05) is 6.92 Å². The molecule has 2 rings (SSSR count). The molecule has 1 aliphatic heterocycles. The van der Waals surface area contributed by atoms with Crippen LogP contribution in [0.4, 0.5) is 0 Å². The Bertz CT molecular complexity index is 710. The minimum absolute atomic E-state index is 0.00612. The minimum atomic E-state index is -3.73. The SMILES string of the molecule is Cc1ccc(S(=O)(=O)NCCC(=O)ON2C(=O)CCC2=O)cc1. The molecule has 8 nitrogen and oxygen atoms in total. The molecule has 124 valence electrons. The molecule has 0 unspecified atom stereocenters. The van der Waals surface area contributed by atoms with Gasteiger partial charge in [-0.1, -0.05) is 17.7 Å². The molecule has 0 saturated carbocycles. The van der Waals surface area contributed by atoms with E-state index >= 15 is 0 Å². The zero-order chi connectivity index (χ0) is 17.0. The highest BCUT2D eigenvalue weighted by Crippen LogP contribution is 2.13. The highest BCUT2D eigenvalue weighted by Gasteiger charge is 2.32. The summed E-state index contributed by atoms with van der Waals surface area (Å²) >= 11 is 0. The van der Waals surface area contributed by atoms with Crippen molar-refractivity contribution in [1.29, 1.82) is 0 Å². The lowest BCUT2D eigenvalue weighted by atomic mass is 10.2. The lowest BCUT2D eigenvalue weighted by Crippen LogP contribution is -2.33. The third-order valence-corrected chi connectivity index (χ3v) is 4.63. The molecule has 0 aliphatic carbocycles. The predicted molar refractivity (Wildman–Crippen MR) is 78.2 cm³/mol. The van der Waals surface area contributed by atoms with Gasteiger partial charge in [0, 0.05) is 19.4 Å². The van der Waals surface area contributed by atoms with Gasteiger partial charge in [-0.2, -0.15) is 0 Å². The molecule has 1 N–H and O–H groups in total. The van der Waals surface area contributed by atoms with Crippen molar-refractivity contribution in [1.82, 2.24) is 9.79 Å². The fraction of sp³-hybridized carbons (Fsp3) is 0.357. The monoisotopic (exact) mass is 340 g/mol. The Balaban J connectivity index is 1.84.